The van der Waals surface area contributed by atoms with Gasteiger partial charge >= 0.3 is 11.8 Å². The maximum Gasteiger partial charge on any atom is 0.309 e. The van der Waals surface area contributed by atoms with Crippen LogP contribution in [-0.2, 0) is 12.1 Å². The summed E-state index contributed by atoms with van der Waals surface area (Å²) in [6.45, 7) is 4.43. The van der Waals surface area contributed by atoms with Gasteiger partial charge in [0.25, 0.3) is 5.91 Å². The van der Waals surface area contributed by atoms with Gasteiger partial charge in [-0.1, -0.05) is 6.07 Å². The number of nitrogens with zero attached hydrogens (tertiary/aromatic N) is 3. The largest absolute Gasteiger partial charge is 0.417 e. The van der Waals surface area contributed by atoms with E-state index in [0.29, 0.717) is 11.5 Å². The number of hydrogen-bond donors (Lipinski definition) is 4. The summed E-state index contributed by atoms with van der Waals surface area (Å²) in [7, 11) is 0. The fourth-order valence-electron chi connectivity index (χ4n) is 3.35. The fraction of sp³-hybridized carbons (Fsp3) is 0.208. The highest BCUT2D eigenvalue weighted by Crippen LogP contribution is 2.40. The summed E-state index contributed by atoms with van der Waals surface area (Å²) in [6.07, 6.45) is 0. The number of halogens is 2. The number of pyridine rings is 1. The van der Waals surface area contributed by atoms with Crippen LogP contribution in [0.15, 0.2) is 40.8 Å². The first-order valence-electron chi connectivity index (χ1n) is 10.9. The number of aryl methyl sites for hydroxylation is 1. The molecule has 192 valence electrons. The predicted molar refractivity (Wildman–Crippen MR) is 131 cm³/mol. The van der Waals surface area contributed by atoms with E-state index in [1.165, 1.54) is 19.9 Å². The smallest absolute Gasteiger partial charge is 0.309 e. The van der Waals surface area contributed by atoms with Crippen molar-refractivity contribution < 1.29 is 27.9 Å². The number of carbonyl (C=O) groups is 2. The number of benzene rings is 1. The molecule has 2 amide bonds. The van der Waals surface area contributed by atoms with Crippen LogP contribution in [0.1, 0.15) is 52.0 Å². The molecular weight excluding hydrogens is 506 g/mol. The quantitative estimate of drug-likeness (QED) is 0.269. The first-order chi connectivity index (χ1) is 17.4. The van der Waals surface area contributed by atoms with Gasteiger partial charge in [0, 0.05) is 11.8 Å². The van der Waals surface area contributed by atoms with Crippen LogP contribution in [0.3, 0.4) is 0 Å². The Morgan fingerprint density at radius 3 is 2.46 bits per heavy atom. The molecule has 0 saturated heterocycles. The molecule has 0 radical (unpaired) electrons. The van der Waals surface area contributed by atoms with E-state index in [2.05, 4.69) is 25.8 Å². The Labute approximate surface area is 213 Å². The molecule has 13 heteroatoms. The van der Waals surface area contributed by atoms with Crippen LogP contribution in [0.25, 0.3) is 10.4 Å². The molecule has 0 fully saturated rings. The lowest BCUT2D eigenvalue weighted by Crippen LogP contribution is -2.23. The van der Waals surface area contributed by atoms with Crippen LogP contribution in [-0.4, -0.2) is 32.1 Å². The third-order valence-corrected chi connectivity index (χ3v) is 6.26. The number of nitrogens with one attached hydrogen (secondary N) is 2. The number of primary amides is 1. The third-order valence-electron chi connectivity index (χ3n) is 5.19. The number of anilines is 2. The second kappa shape index (κ2) is 10.0. The molecule has 0 spiro atoms. The number of hydrogen-bond acceptors (Lipinski definition) is 9. The van der Waals surface area contributed by atoms with Crippen molar-refractivity contribution in [1.29, 1.82) is 0 Å². The zero-order chi connectivity index (χ0) is 26.9. The number of thiophene rings is 1. The molecule has 0 aliphatic carbocycles. The molecular formula is C24H22F2N6O4S. The Hall–Kier alpha value is -4.23. The second-order valence-electron chi connectivity index (χ2n) is 8.54. The summed E-state index contributed by atoms with van der Waals surface area (Å²) in [4.78, 5) is 28.7. The molecule has 37 heavy (non-hydrogen) atoms. The summed E-state index contributed by atoms with van der Waals surface area (Å²) in [6, 6.07) is 8.32. The lowest BCUT2D eigenvalue weighted by Gasteiger charge is -2.18. The normalized spacial score (nSPS) is 11.4. The first-order valence-corrected chi connectivity index (χ1v) is 11.7. The summed E-state index contributed by atoms with van der Waals surface area (Å²) in [5.41, 5.74) is 4.25. The Morgan fingerprint density at radius 2 is 1.86 bits per heavy atom. The molecule has 4 rings (SSSR count). The van der Waals surface area contributed by atoms with Crippen LogP contribution in [0.5, 0.6) is 0 Å². The second-order valence-corrected chi connectivity index (χ2v) is 9.59. The van der Waals surface area contributed by atoms with Crippen molar-refractivity contribution in [2.75, 3.05) is 5.32 Å². The number of aromatic nitrogens is 3. The van der Waals surface area contributed by atoms with E-state index >= 15 is 0 Å². The molecule has 0 aliphatic rings. The van der Waals surface area contributed by atoms with Crippen molar-refractivity contribution in [1.82, 2.24) is 20.5 Å². The molecule has 3 aromatic heterocycles. The molecule has 4 aromatic rings. The molecule has 10 nitrogen and oxygen atoms in total. The van der Waals surface area contributed by atoms with Crippen LogP contribution in [0.2, 0.25) is 0 Å². The summed E-state index contributed by atoms with van der Waals surface area (Å²) < 4.78 is 34.8. The molecule has 3 heterocycles. The number of carbonyl (C=O) groups excluding carboxylic acids is 2. The molecule has 0 atom stereocenters. The van der Waals surface area contributed by atoms with E-state index < -0.39 is 29.0 Å². The molecule has 0 unspecified atom stereocenters. The maximum atomic E-state index is 14.9. The van der Waals surface area contributed by atoms with Gasteiger partial charge in [0.05, 0.1) is 29.0 Å². The zero-order valence-corrected chi connectivity index (χ0v) is 20.7. The monoisotopic (exact) mass is 528 g/mol. The minimum Gasteiger partial charge on any atom is -0.417 e. The van der Waals surface area contributed by atoms with Gasteiger partial charge in [-0.3, -0.25) is 9.59 Å². The van der Waals surface area contributed by atoms with Crippen molar-refractivity contribution in [3.05, 3.63) is 76.6 Å². The maximum absolute atomic E-state index is 14.9. The number of rotatable bonds is 8. The van der Waals surface area contributed by atoms with Gasteiger partial charge in [0.2, 0.25) is 5.89 Å². The molecule has 5 N–H and O–H groups in total. The number of amides is 2. The Kier molecular flexibility index (Phi) is 7.01. The first kappa shape index (κ1) is 25.9. The topological polar surface area (TPSA) is 156 Å². The minimum atomic E-state index is -1.44. The molecule has 0 saturated carbocycles. The zero-order valence-electron chi connectivity index (χ0n) is 19.9. The number of nitrogens with two attached hydrogens (primary N) is 1. The van der Waals surface area contributed by atoms with E-state index in [0.717, 1.165) is 23.5 Å². The van der Waals surface area contributed by atoms with Gasteiger partial charge in [0.1, 0.15) is 22.5 Å². The highest BCUT2D eigenvalue weighted by Gasteiger charge is 2.24. The van der Waals surface area contributed by atoms with Crippen LogP contribution >= 0.6 is 11.3 Å². The van der Waals surface area contributed by atoms with E-state index in [1.807, 2.05) is 0 Å². The highest BCUT2D eigenvalue weighted by molar-refractivity contribution is 7.20. The van der Waals surface area contributed by atoms with Crippen molar-refractivity contribution in [3.8, 4) is 10.4 Å². The standard InChI is InChI=1S/C24H22F2N6O4S/c1-11-31-32-22(36-11)21(34)28-10-13-5-4-6-18(29-13)30-23-14(20(27)33)9-17(37-23)19-15(25)7-12(8-16(19)26)24(2,3)35/h4-9,35H,10H2,1-3H3,(H2,27,33)(H,28,34)(H,29,30). The Balaban J connectivity index is 1.58. The van der Waals surface area contributed by atoms with E-state index in [4.69, 9.17) is 10.2 Å². The van der Waals surface area contributed by atoms with Gasteiger partial charge in [0.15, 0.2) is 0 Å². The summed E-state index contributed by atoms with van der Waals surface area (Å²) in [5, 5.41) is 23.1. The van der Waals surface area contributed by atoms with Gasteiger partial charge < -0.3 is 25.9 Å². The SMILES string of the molecule is Cc1nnc(C(=O)NCc2cccc(Nc3sc(-c4c(F)cc(C(C)(C)O)cc4F)cc3C(N)=O)n2)o1. The van der Waals surface area contributed by atoms with Gasteiger partial charge in [-0.05, 0) is 49.7 Å². The van der Waals surface area contributed by atoms with Crippen LogP contribution < -0.4 is 16.4 Å². The average Bonchev–Trinajstić information content (AvgIpc) is 3.43. The minimum absolute atomic E-state index is 0.0117. The fourth-order valence-corrected chi connectivity index (χ4v) is 4.47. The van der Waals surface area contributed by atoms with E-state index in [1.54, 1.807) is 25.1 Å². The van der Waals surface area contributed by atoms with Gasteiger partial charge in [-0.25, -0.2) is 13.8 Å². The Morgan fingerprint density at radius 1 is 1.16 bits per heavy atom. The summed E-state index contributed by atoms with van der Waals surface area (Å²) >= 11 is 0.909. The van der Waals surface area contributed by atoms with Gasteiger partial charge in [-0.2, -0.15) is 0 Å². The third kappa shape index (κ3) is 5.78. The molecule has 1 aromatic carbocycles. The number of aliphatic hydroxyl groups is 1. The lowest BCUT2D eigenvalue weighted by atomic mass is 9.96. The molecule has 0 bridgehead atoms. The lowest BCUT2D eigenvalue weighted by molar-refractivity contribution is 0.0778. The van der Waals surface area contributed by atoms with Crippen LogP contribution in [0, 0.1) is 18.6 Å². The van der Waals surface area contributed by atoms with E-state index in [9.17, 15) is 23.5 Å². The molecule has 0 aliphatic heterocycles. The van der Waals surface area contributed by atoms with Gasteiger partial charge in [-0.15, -0.1) is 21.5 Å². The predicted octanol–water partition coefficient (Wildman–Crippen LogP) is 3.78. The summed E-state index contributed by atoms with van der Waals surface area (Å²) in [5.74, 6) is -2.80. The Bertz CT molecular complexity index is 1470. The average molecular weight is 529 g/mol. The van der Waals surface area contributed by atoms with Crippen molar-refractivity contribution in [3.63, 3.8) is 0 Å². The highest BCUT2D eigenvalue weighted by atomic mass is 32.1. The van der Waals surface area contributed by atoms with Crippen LogP contribution in [0.4, 0.5) is 19.6 Å². The van der Waals surface area contributed by atoms with Crippen molar-refractivity contribution in [2.24, 2.45) is 5.73 Å². The van der Waals surface area contributed by atoms with Crippen molar-refractivity contribution >= 4 is 34.0 Å². The van der Waals surface area contributed by atoms with Crippen molar-refractivity contribution in [2.45, 2.75) is 32.9 Å². The van der Waals surface area contributed by atoms with E-state index in [-0.39, 0.29) is 44.9 Å².